The number of H-pyrrole nitrogens is 1. The third-order valence-corrected chi connectivity index (χ3v) is 6.91. The Labute approximate surface area is 197 Å². The lowest BCUT2D eigenvalue weighted by Gasteiger charge is -2.39. The normalized spacial score (nSPS) is 18.6. The molecule has 11 heteroatoms. The molecule has 2 atom stereocenters. The first-order valence-electron chi connectivity index (χ1n) is 11.1. The molecule has 3 rings (SSSR count). The van der Waals surface area contributed by atoms with Gasteiger partial charge >= 0.3 is 5.97 Å². The maximum Gasteiger partial charge on any atom is 0.350 e. The number of rotatable bonds is 9. The minimum Gasteiger partial charge on any atom is -0.462 e. The third kappa shape index (κ3) is 5.60. The second-order valence-corrected chi connectivity index (χ2v) is 9.05. The van der Waals surface area contributed by atoms with Crippen LogP contribution in [-0.4, -0.2) is 65.2 Å². The van der Waals surface area contributed by atoms with Gasteiger partial charge in [0.05, 0.1) is 18.0 Å². The van der Waals surface area contributed by atoms with Crippen molar-refractivity contribution in [3.05, 3.63) is 27.2 Å². The number of carbonyl (C=O) groups is 2. The van der Waals surface area contributed by atoms with E-state index in [1.807, 2.05) is 13.8 Å². The first kappa shape index (κ1) is 24.5. The topological polar surface area (TPSA) is 112 Å². The Kier molecular flexibility index (Phi) is 8.50. The molecule has 176 valence electrons. The number of aromatic nitrogens is 3. The molecule has 0 bridgehead atoms. The molecule has 1 fully saturated rings. The summed E-state index contributed by atoms with van der Waals surface area (Å²) in [5.41, 5.74) is 1.43. The Balaban J connectivity index is 1.71. The van der Waals surface area contributed by atoms with Gasteiger partial charge in [-0.15, -0.1) is 0 Å². The van der Waals surface area contributed by atoms with Crippen molar-refractivity contribution < 1.29 is 14.3 Å². The highest BCUT2D eigenvalue weighted by Gasteiger charge is 2.33. The average molecular weight is 483 g/mol. The standard InChI is InChI=1S/C21H31ClN6O3S/c1-5-9-23-15-11-28(21-24-12(4)16(32-21)20(30)31-7-3)10-8-14(15)26-19(29)18-25-13(6-2)17(22)27-18/h14-15,23H,5-11H2,1-4H3,(H,25,27)(H,26,29). The van der Waals surface area contributed by atoms with Crippen LogP contribution in [0.4, 0.5) is 5.13 Å². The molecular formula is C21H31ClN6O3S. The SMILES string of the molecule is CCCNC1CN(c2nc(C)c(C(=O)OCC)s2)CCC1NC(=O)c1nc(Cl)c(CC)[nH]1. The van der Waals surface area contributed by atoms with Crippen LogP contribution in [-0.2, 0) is 11.2 Å². The van der Waals surface area contributed by atoms with Gasteiger partial charge in [0.1, 0.15) is 4.88 Å². The highest BCUT2D eigenvalue weighted by atomic mass is 35.5. The van der Waals surface area contributed by atoms with Crippen LogP contribution in [0.25, 0.3) is 0 Å². The second kappa shape index (κ2) is 11.1. The Morgan fingerprint density at radius 3 is 2.72 bits per heavy atom. The summed E-state index contributed by atoms with van der Waals surface area (Å²) in [6, 6.07) is -0.0381. The zero-order valence-corrected chi connectivity index (χ0v) is 20.5. The molecule has 2 aromatic heterocycles. The van der Waals surface area contributed by atoms with Crippen molar-refractivity contribution in [2.75, 3.05) is 31.1 Å². The van der Waals surface area contributed by atoms with E-state index in [2.05, 4.69) is 37.4 Å². The molecule has 1 amide bonds. The lowest BCUT2D eigenvalue weighted by molar-refractivity contribution is 0.0531. The molecule has 1 aliphatic rings. The zero-order chi connectivity index (χ0) is 23.3. The van der Waals surface area contributed by atoms with Gasteiger partial charge in [0.2, 0.25) is 0 Å². The van der Waals surface area contributed by atoms with Crippen molar-refractivity contribution in [2.45, 2.75) is 59.0 Å². The van der Waals surface area contributed by atoms with Gasteiger partial charge in [0.15, 0.2) is 16.1 Å². The van der Waals surface area contributed by atoms with Crippen molar-refractivity contribution in [1.29, 1.82) is 0 Å². The molecule has 32 heavy (non-hydrogen) atoms. The molecule has 2 aromatic rings. The Morgan fingerprint density at radius 1 is 1.28 bits per heavy atom. The van der Waals surface area contributed by atoms with Crippen LogP contribution in [0.15, 0.2) is 0 Å². The number of amides is 1. The molecule has 0 aliphatic carbocycles. The van der Waals surface area contributed by atoms with E-state index in [1.165, 1.54) is 11.3 Å². The lowest BCUT2D eigenvalue weighted by Crippen LogP contribution is -2.59. The highest BCUT2D eigenvalue weighted by Crippen LogP contribution is 2.29. The largest absolute Gasteiger partial charge is 0.462 e. The number of carbonyl (C=O) groups excluding carboxylic acids is 2. The molecule has 1 aliphatic heterocycles. The number of anilines is 1. The molecule has 0 saturated carbocycles. The molecule has 9 nitrogen and oxygen atoms in total. The van der Waals surface area contributed by atoms with E-state index < -0.39 is 0 Å². The van der Waals surface area contributed by atoms with Crippen molar-refractivity contribution in [2.24, 2.45) is 0 Å². The third-order valence-electron chi connectivity index (χ3n) is 5.40. The number of aromatic amines is 1. The number of nitrogens with zero attached hydrogens (tertiary/aromatic N) is 3. The fourth-order valence-corrected chi connectivity index (χ4v) is 4.97. The minimum atomic E-state index is -0.333. The Bertz CT molecular complexity index is 946. The van der Waals surface area contributed by atoms with Gasteiger partial charge < -0.3 is 25.3 Å². The predicted molar refractivity (Wildman–Crippen MR) is 126 cm³/mol. The molecular weight excluding hydrogens is 452 g/mol. The van der Waals surface area contributed by atoms with Gasteiger partial charge in [-0.25, -0.2) is 14.8 Å². The van der Waals surface area contributed by atoms with E-state index >= 15 is 0 Å². The Hall–Kier alpha value is -2.17. The van der Waals surface area contributed by atoms with Crippen molar-refractivity contribution in [1.82, 2.24) is 25.6 Å². The molecule has 0 spiro atoms. The number of halogens is 1. The second-order valence-electron chi connectivity index (χ2n) is 7.72. The summed E-state index contributed by atoms with van der Waals surface area (Å²) >= 11 is 7.45. The highest BCUT2D eigenvalue weighted by molar-refractivity contribution is 7.17. The van der Waals surface area contributed by atoms with Crippen LogP contribution in [0, 0.1) is 6.92 Å². The van der Waals surface area contributed by atoms with E-state index in [9.17, 15) is 9.59 Å². The number of hydrogen-bond acceptors (Lipinski definition) is 8. The summed E-state index contributed by atoms with van der Waals surface area (Å²) in [5, 5.41) is 7.79. The summed E-state index contributed by atoms with van der Waals surface area (Å²) in [4.78, 5) is 39.4. The van der Waals surface area contributed by atoms with E-state index in [4.69, 9.17) is 16.3 Å². The number of nitrogens with one attached hydrogen (secondary N) is 3. The molecule has 0 radical (unpaired) electrons. The quantitative estimate of drug-likeness (QED) is 0.471. The smallest absolute Gasteiger partial charge is 0.350 e. The van der Waals surface area contributed by atoms with Crippen molar-refractivity contribution >= 4 is 39.9 Å². The van der Waals surface area contributed by atoms with Crippen LogP contribution in [0.1, 0.15) is 65.3 Å². The average Bonchev–Trinajstić information content (AvgIpc) is 3.35. The van der Waals surface area contributed by atoms with Gasteiger partial charge in [-0.1, -0.05) is 36.8 Å². The van der Waals surface area contributed by atoms with Gasteiger partial charge in [0.25, 0.3) is 5.91 Å². The summed E-state index contributed by atoms with van der Waals surface area (Å²) in [5.74, 6) is -0.360. The van der Waals surface area contributed by atoms with Crippen LogP contribution >= 0.6 is 22.9 Å². The number of hydrogen-bond donors (Lipinski definition) is 3. The van der Waals surface area contributed by atoms with E-state index in [1.54, 1.807) is 6.92 Å². The fraction of sp³-hybridized carbons (Fsp3) is 0.619. The summed E-state index contributed by atoms with van der Waals surface area (Å²) in [6.07, 6.45) is 2.39. The summed E-state index contributed by atoms with van der Waals surface area (Å²) < 4.78 is 5.14. The number of imidazole rings is 1. The van der Waals surface area contributed by atoms with Gasteiger partial charge in [-0.2, -0.15) is 0 Å². The molecule has 1 saturated heterocycles. The van der Waals surface area contributed by atoms with Crippen LogP contribution in [0.2, 0.25) is 5.15 Å². The first-order chi connectivity index (χ1) is 15.4. The van der Waals surface area contributed by atoms with E-state index in [0.29, 0.717) is 41.8 Å². The number of aryl methyl sites for hydroxylation is 2. The van der Waals surface area contributed by atoms with Crippen LogP contribution in [0.3, 0.4) is 0 Å². The number of esters is 1. The summed E-state index contributed by atoms with van der Waals surface area (Å²) in [7, 11) is 0. The van der Waals surface area contributed by atoms with E-state index in [0.717, 1.165) is 30.2 Å². The predicted octanol–water partition coefficient (Wildman–Crippen LogP) is 2.94. The molecule has 3 N–H and O–H groups in total. The number of thiazole rings is 1. The molecule has 2 unspecified atom stereocenters. The van der Waals surface area contributed by atoms with Crippen LogP contribution < -0.4 is 15.5 Å². The van der Waals surface area contributed by atoms with Gasteiger partial charge in [-0.3, -0.25) is 4.79 Å². The molecule has 0 aromatic carbocycles. The lowest BCUT2D eigenvalue weighted by atomic mass is 9.99. The monoisotopic (exact) mass is 482 g/mol. The maximum absolute atomic E-state index is 12.8. The Morgan fingerprint density at radius 2 is 2.06 bits per heavy atom. The minimum absolute atomic E-state index is 0.0268. The fourth-order valence-electron chi connectivity index (χ4n) is 3.71. The first-order valence-corrected chi connectivity index (χ1v) is 12.2. The van der Waals surface area contributed by atoms with Gasteiger partial charge in [0, 0.05) is 25.2 Å². The molecule has 3 heterocycles. The zero-order valence-electron chi connectivity index (χ0n) is 19.0. The number of ether oxygens (including phenoxy) is 1. The van der Waals surface area contributed by atoms with Crippen molar-refractivity contribution in [3.63, 3.8) is 0 Å². The summed E-state index contributed by atoms with van der Waals surface area (Å²) in [6.45, 7) is 10.2. The van der Waals surface area contributed by atoms with E-state index in [-0.39, 0.29) is 29.8 Å². The van der Waals surface area contributed by atoms with Gasteiger partial charge in [-0.05, 0) is 39.7 Å². The number of piperidine rings is 1. The maximum atomic E-state index is 12.8. The van der Waals surface area contributed by atoms with Crippen molar-refractivity contribution in [3.8, 4) is 0 Å². The van der Waals surface area contributed by atoms with Crippen LogP contribution in [0.5, 0.6) is 0 Å².